The minimum atomic E-state index is -2.58. The summed E-state index contributed by atoms with van der Waals surface area (Å²) in [7, 11) is 0. The van der Waals surface area contributed by atoms with Gasteiger partial charge in [-0.15, -0.1) is 0 Å². The number of rotatable bonds is 17. The number of Topliss-reactive ketones (excluding diaryl/α,β-unsaturated/α-hetero) is 2. The molecule has 110 heavy (non-hydrogen) atoms. The first-order chi connectivity index (χ1) is 51.7. The van der Waals surface area contributed by atoms with Crippen molar-refractivity contribution in [2.75, 3.05) is 0 Å². The van der Waals surface area contributed by atoms with Crippen LogP contribution in [-0.2, 0) is 57.0 Å². The van der Waals surface area contributed by atoms with Crippen LogP contribution in [0.25, 0.3) is 0 Å². The van der Waals surface area contributed by atoms with Gasteiger partial charge in [-0.05, 0) is 180 Å². The van der Waals surface area contributed by atoms with Crippen molar-refractivity contribution < 1.29 is 138 Å². The summed E-state index contributed by atoms with van der Waals surface area (Å²) < 4.78 is 56.1. The molecule has 2 bridgehead atoms. The van der Waals surface area contributed by atoms with Crippen molar-refractivity contribution >= 4 is 29.3 Å². The Kier molecular flexibility index (Phi) is 35.8. The molecule has 28 heteroatoms. The van der Waals surface area contributed by atoms with E-state index < -0.39 is 218 Å². The fraction of sp³-hybridized carbons (Fsp3) is 0.793. The highest BCUT2D eigenvalue weighted by Crippen LogP contribution is 2.41. The summed E-state index contributed by atoms with van der Waals surface area (Å²) in [4.78, 5) is 67.5. The molecule has 7 rings (SSSR count). The predicted molar refractivity (Wildman–Crippen MR) is 399 cm³/mol. The van der Waals surface area contributed by atoms with Crippen molar-refractivity contribution in [3.8, 4) is 0 Å². The number of benzene rings is 1. The zero-order valence-corrected chi connectivity index (χ0v) is 66.3. The van der Waals surface area contributed by atoms with E-state index in [1.807, 2.05) is 6.92 Å². The largest absolute Gasteiger partial charge is 0.459 e. The summed E-state index contributed by atoms with van der Waals surface area (Å²) in [6.45, 7) is 20.3. The number of ether oxygens (including phenoxy) is 9. The number of hydrogen-bond donors (Lipinski definition) is 14. The second kappa shape index (κ2) is 42.4. The summed E-state index contributed by atoms with van der Waals surface area (Å²) in [5, 5.41) is 156. The Morgan fingerprint density at radius 3 is 1.91 bits per heavy atom. The molecule has 5 aliphatic heterocycles. The van der Waals surface area contributed by atoms with E-state index >= 15 is 0 Å². The molecule has 1 aliphatic carbocycles. The van der Waals surface area contributed by atoms with Crippen molar-refractivity contribution in [3.05, 3.63) is 70.8 Å². The lowest BCUT2D eigenvalue weighted by Gasteiger charge is -2.47. The maximum Gasteiger partial charge on any atom is 0.330 e. The molecule has 0 saturated carbocycles. The van der Waals surface area contributed by atoms with Crippen LogP contribution in [0.3, 0.4) is 0 Å². The fourth-order valence-electron chi connectivity index (χ4n) is 16.4. The van der Waals surface area contributed by atoms with Crippen LogP contribution in [0.5, 0.6) is 0 Å². The molecule has 1 aromatic rings. The van der Waals surface area contributed by atoms with Crippen molar-refractivity contribution in [1.29, 1.82) is 0 Å². The standard InChI is InChI=1S/C82H130O28/c1-13-66(105-71-41-81(12,100)79(51(11)104-71)109-70-32-30-67(50(10)103-70)106-80(99)48(8)77(108-69-31-29-64(91)49(9)102-69)52-25-28-62-63(34-52)65(92)33-44(4)72(62)94)45(5)74(96)46(6)75(97)47(7)76-43(3)24-27-54(84)18-15-20-57(87)36-58(88)37-59(89)38-61-39-60(90)40-82(101,110-61)78(98)73(95)42(2)23-26-53(83)17-14-19-55(85)35-56(86)21-16-22-68(93)107-76/h16,22,24-25,27-28,33-34,42-43,45-51,53-61,64,66-67,69-71,73-77,79,83-91,95-97,100-101H,13-15,17-21,23,26,29-32,35-41H2,1-12H3/t42-,43+,45+,46-,47+,48-,49+,50+,51+,53-,54+,55-,56+,57-,58-,59+,60+,61-,64+,66+,67+,69+,70+,71+,73+,74+,75+,76+,77+,79-,81-,82-/m1/s1. The van der Waals surface area contributed by atoms with Crippen LogP contribution >= 0.6 is 0 Å². The quantitative estimate of drug-likeness (QED) is 0.0648. The summed E-state index contributed by atoms with van der Waals surface area (Å²) in [6, 6.07) is 4.77. The van der Waals surface area contributed by atoms with Crippen LogP contribution in [-0.4, -0.2) is 253 Å². The van der Waals surface area contributed by atoms with E-state index in [0.29, 0.717) is 49.7 Å². The van der Waals surface area contributed by atoms with Gasteiger partial charge in [-0.3, -0.25) is 19.2 Å². The number of aliphatic hydroxyl groups is 14. The lowest BCUT2D eigenvalue weighted by atomic mass is 9.78. The number of hydrogen-bond acceptors (Lipinski definition) is 28. The summed E-state index contributed by atoms with van der Waals surface area (Å²) in [5.41, 5.74) is -0.336. The highest BCUT2D eigenvalue weighted by molar-refractivity contribution is 6.24. The molecule has 1 aromatic carbocycles. The summed E-state index contributed by atoms with van der Waals surface area (Å²) >= 11 is 0. The van der Waals surface area contributed by atoms with Crippen LogP contribution in [0.2, 0.25) is 0 Å². The summed E-state index contributed by atoms with van der Waals surface area (Å²) in [6.07, 6.45) is -14.6. The van der Waals surface area contributed by atoms with Crippen molar-refractivity contribution in [1.82, 2.24) is 0 Å². The van der Waals surface area contributed by atoms with Gasteiger partial charge in [-0.1, -0.05) is 65.8 Å². The Bertz CT molecular complexity index is 3180. The number of esters is 2. The van der Waals surface area contributed by atoms with Crippen molar-refractivity contribution in [2.24, 2.45) is 35.5 Å². The normalized spacial score (nSPS) is 38.9. The minimum Gasteiger partial charge on any atom is -0.459 e. The lowest BCUT2D eigenvalue weighted by molar-refractivity contribution is -0.330. The van der Waals surface area contributed by atoms with E-state index in [-0.39, 0.29) is 113 Å². The number of carbonyl (C=O) groups is 5. The molecule has 5 heterocycles. The van der Waals surface area contributed by atoms with Gasteiger partial charge in [0.2, 0.25) is 11.6 Å². The van der Waals surface area contributed by atoms with Gasteiger partial charge < -0.3 is 114 Å². The molecule has 0 amide bonds. The molecule has 32 atom stereocenters. The predicted octanol–water partition coefficient (Wildman–Crippen LogP) is 5.79. The Balaban J connectivity index is 0.943. The number of allylic oxidation sites excluding steroid dienone is 2. The summed E-state index contributed by atoms with van der Waals surface area (Å²) in [5.74, 6) is -10.5. The first-order valence-electron chi connectivity index (χ1n) is 40.1. The molecule has 6 aliphatic rings. The molecule has 626 valence electrons. The van der Waals surface area contributed by atoms with E-state index in [1.165, 1.54) is 18.2 Å². The van der Waals surface area contributed by atoms with Gasteiger partial charge in [0, 0.05) is 72.1 Å². The van der Waals surface area contributed by atoms with Crippen LogP contribution in [0.15, 0.2) is 54.2 Å². The lowest BCUT2D eigenvalue weighted by Crippen LogP contribution is -2.59. The van der Waals surface area contributed by atoms with Crippen LogP contribution in [0.1, 0.15) is 250 Å². The highest BCUT2D eigenvalue weighted by Gasteiger charge is 2.52. The monoisotopic (exact) mass is 1560 g/mol. The Labute approximate surface area is 647 Å². The van der Waals surface area contributed by atoms with Gasteiger partial charge in [-0.2, -0.15) is 0 Å². The molecule has 4 saturated heterocycles. The maximum atomic E-state index is 14.2. The zero-order chi connectivity index (χ0) is 81.4. The number of fused-ring (bicyclic) bond motifs is 3. The van der Waals surface area contributed by atoms with E-state index in [1.54, 1.807) is 100 Å². The van der Waals surface area contributed by atoms with E-state index in [9.17, 15) is 95.5 Å². The fourth-order valence-corrected chi connectivity index (χ4v) is 16.4. The van der Waals surface area contributed by atoms with Crippen molar-refractivity contribution in [2.45, 2.75) is 376 Å². The van der Waals surface area contributed by atoms with Crippen LogP contribution in [0.4, 0.5) is 0 Å². The molecular weight excluding hydrogens is 1430 g/mol. The molecule has 14 N–H and O–H groups in total. The number of cyclic esters (lactones) is 1. The topological polar surface area (TPSA) is 452 Å². The van der Waals surface area contributed by atoms with Gasteiger partial charge in [0.1, 0.15) is 24.4 Å². The second-order valence-electron chi connectivity index (χ2n) is 33.0. The minimum absolute atomic E-state index is 0.0503. The number of ketones is 3. The van der Waals surface area contributed by atoms with E-state index in [4.69, 9.17) is 42.6 Å². The Morgan fingerprint density at radius 1 is 0.627 bits per heavy atom. The molecule has 4 fully saturated rings. The van der Waals surface area contributed by atoms with Gasteiger partial charge in [-0.25, -0.2) is 4.79 Å². The Morgan fingerprint density at radius 2 is 1.25 bits per heavy atom. The third kappa shape index (κ3) is 26.3. The third-order valence-corrected chi connectivity index (χ3v) is 23.3. The second-order valence-corrected chi connectivity index (χ2v) is 33.0. The smallest absolute Gasteiger partial charge is 0.330 e. The van der Waals surface area contributed by atoms with E-state index in [2.05, 4.69) is 0 Å². The highest BCUT2D eigenvalue weighted by atomic mass is 16.7. The molecule has 28 nitrogen and oxygen atoms in total. The Hall–Kier alpha value is -4.45. The van der Waals surface area contributed by atoms with Crippen LogP contribution in [0, 0.1) is 35.5 Å². The molecule has 0 radical (unpaired) electrons. The number of carbonyl (C=O) groups excluding carboxylic acids is 5. The third-order valence-electron chi connectivity index (χ3n) is 23.3. The molecule has 0 spiro atoms. The first kappa shape index (κ1) is 92.7. The average Bonchev–Trinajstić information content (AvgIpc) is 0.796. The molecule has 0 unspecified atom stereocenters. The zero-order valence-electron chi connectivity index (χ0n) is 66.3. The van der Waals surface area contributed by atoms with Crippen LogP contribution < -0.4 is 0 Å². The first-order valence-corrected chi connectivity index (χ1v) is 40.1. The number of aliphatic hydroxyl groups excluding tert-OH is 12. The van der Waals surface area contributed by atoms with E-state index in [0.717, 1.165) is 6.08 Å². The van der Waals surface area contributed by atoms with Gasteiger partial charge in [0.25, 0.3) is 0 Å². The van der Waals surface area contributed by atoms with Gasteiger partial charge >= 0.3 is 11.9 Å². The molecular formula is C82H130O28. The maximum absolute atomic E-state index is 14.2. The molecule has 0 aromatic heterocycles. The van der Waals surface area contributed by atoms with Gasteiger partial charge in [0.15, 0.2) is 30.4 Å². The van der Waals surface area contributed by atoms with Crippen molar-refractivity contribution in [3.63, 3.8) is 0 Å². The van der Waals surface area contributed by atoms with Gasteiger partial charge in [0.05, 0.1) is 115 Å². The average molecular weight is 1560 g/mol. The SMILES string of the molecule is CC[C@H](O[C@H]1C[C@@](C)(O)[C@H](O[C@H]2CC[C@H](OC(=O)[C@H](C)[C@H](O[C@H]3CC[C@H](O)[C@H](C)O3)c3ccc4c(c3)C(=O)C=C(C)C4=O)[C@H](C)O2)[C@H](C)O1)[C@H](C)[C@H](O)[C@@H](C)[C@H](O)[C@H](C)[C@H]1OC(=O)C=CC[C@H](O)C[C@H](O)CCC[C@@H](O)CC[C@@H](C)[C@H](O)C(=O)[C@@]2(O)C[C@@H](O)C[C@@H](C[C@@H](O)C[C@H](O)C[C@H](O)CCC[C@H](O)C=C[C@@H]1C)O2.